The van der Waals surface area contributed by atoms with Gasteiger partial charge in [-0.1, -0.05) is 18.2 Å². The number of hydrogen-bond acceptors (Lipinski definition) is 0. The third-order valence-corrected chi connectivity index (χ3v) is 1.93. The molecule has 1 N–H and O–H groups in total. The number of hydrogen-bond donors (Lipinski definition) is 0. The normalized spacial score (nSPS) is 9.42. The average Bonchev–Trinajstić information content (AvgIpc) is 2.06. The summed E-state index contributed by atoms with van der Waals surface area (Å²) in [6, 6.07) is 10.4. The molecule has 62 valence electrons. The molecule has 0 unspecified atom stereocenters. The van der Waals surface area contributed by atoms with Gasteiger partial charge in [0.15, 0.2) is 11.9 Å². The fourth-order valence-electron chi connectivity index (χ4n) is 1.32. The van der Waals surface area contributed by atoms with Gasteiger partial charge in [0.05, 0.1) is 0 Å². The number of pyridine rings is 1. The van der Waals surface area contributed by atoms with Crippen molar-refractivity contribution in [3.05, 3.63) is 42.2 Å². The van der Waals surface area contributed by atoms with E-state index in [1.165, 1.54) is 16.5 Å². The summed E-state index contributed by atoms with van der Waals surface area (Å²) >= 11 is 0. The molecule has 1 nitrogen and oxygen atoms in total. The van der Waals surface area contributed by atoms with E-state index in [1.807, 2.05) is 6.20 Å². The molecule has 1 aromatic heterocycles. The standard InChI is InChI=1S/C10H9N.BrH/c1-8-10-5-3-2-4-9(10)6-7-11-8;/h2-7H,1H3;1H. The molecular formula is C10H10BrN. The molecular weight excluding hydrogens is 214 g/mol. The first kappa shape index (κ1) is 9.20. The average molecular weight is 224 g/mol. The summed E-state index contributed by atoms with van der Waals surface area (Å²) in [7, 11) is 0. The van der Waals surface area contributed by atoms with Gasteiger partial charge in [-0.3, -0.25) is 0 Å². The topological polar surface area (TPSA) is 14.1 Å². The highest BCUT2D eigenvalue weighted by Crippen LogP contribution is 2.12. The van der Waals surface area contributed by atoms with Gasteiger partial charge in [-0.25, -0.2) is 4.98 Å². The molecule has 0 saturated heterocycles. The number of halogens is 1. The Labute approximate surface area is 82.2 Å². The lowest BCUT2D eigenvalue weighted by molar-refractivity contribution is -0.385. The molecule has 0 bridgehead atoms. The van der Waals surface area contributed by atoms with Gasteiger partial charge in [0.1, 0.15) is 0 Å². The van der Waals surface area contributed by atoms with Crippen LogP contribution in [0.15, 0.2) is 36.5 Å². The lowest BCUT2D eigenvalue weighted by atomic mass is 10.1. The van der Waals surface area contributed by atoms with Gasteiger partial charge in [-0.05, 0) is 11.5 Å². The van der Waals surface area contributed by atoms with Crippen molar-refractivity contribution in [2.75, 3.05) is 0 Å². The highest BCUT2D eigenvalue weighted by molar-refractivity contribution is 5.82. The number of H-pyrrole nitrogens is 1. The number of aromatic amines is 1. The molecule has 2 heteroatoms. The molecule has 1 heterocycles. The van der Waals surface area contributed by atoms with E-state index in [0.717, 1.165) is 0 Å². The van der Waals surface area contributed by atoms with Crippen LogP contribution in [0.25, 0.3) is 10.8 Å². The molecule has 0 aliphatic carbocycles. The van der Waals surface area contributed by atoms with Gasteiger partial charge in [-0.15, -0.1) is 0 Å². The summed E-state index contributed by atoms with van der Waals surface area (Å²) in [6.45, 7) is 2.09. The van der Waals surface area contributed by atoms with Crippen molar-refractivity contribution < 1.29 is 22.0 Å². The first-order chi connectivity index (χ1) is 5.38. The number of nitrogens with one attached hydrogen (secondary N) is 1. The summed E-state index contributed by atoms with van der Waals surface area (Å²) in [4.78, 5) is 3.17. The monoisotopic (exact) mass is 223 g/mol. The molecule has 0 radical (unpaired) electrons. The van der Waals surface area contributed by atoms with Crippen molar-refractivity contribution in [1.29, 1.82) is 0 Å². The smallest absolute Gasteiger partial charge is 0.184 e. The van der Waals surface area contributed by atoms with Gasteiger partial charge < -0.3 is 17.0 Å². The van der Waals surface area contributed by atoms with Gasteiger partial charge in [-0.2, -0.15) is 0 Å². The molecule has 2 rings (SSSR count). The Bertz CT molecular complexity index is 379. The number of benzene rings is 1. The second kappa shape index (κ2) is 3.68. The lowest BCUT2D eigenvalue weighted by Crippen LogP contribution is -3.00. The lowest BCUT2D eigenvalue weighted by Gasteiger charge is -1.93. The Balaban J connectivity index is 0.000000720. The minimum atomic E-state index is 0. The largest absolute Gasteiger partial charge is 1.00 e. The van der Waals surface area contributed by atoms with Crippen molar-refractivity contribution in [2.24, 2.45) is 0 Å². The Morgan fingerprint density at radius 2 is 1.83 bits per heavy atom. The summed E-state index contributed by atoms with van der Waals surface area (Å²) in [5.74, 6) is 0. The maximum absolute atomic E-state index is 3.17. The third kappa shape index (κ3) is 1.48. The van der Waals surface area contributed by atoms with Crippen LogP contribution >= 0.6 is 0 Å². The number of rotatable bonds is 0. The first-order valence-electron chi connectivity index (χ1n) is 3.74. The number of aryl methyl sites for hydroxylation is 1. The van der Waals surface area contributed by atoms with Crippen LogP contribution < -0.4 is 22.0 Å². The van der Waals surface area contributed by atoms with Crippen molar-refractivity contribution >= 4 is 10.8 Å². The predicted octanol–water partition coefficient (Wildman–Crippen LogP) is -1.03. The first-order valence-corrected chi connectivity index (χ1v) is 3.74. The molecule has 2 aromatic rings. The van der Waals surface area contributed by atoms with E-state index >= 15 is 0 Å². The van der Waals surface area contributed by atoms with Crippen molar-refractivity contribution in [3.8, 4) is 0 Å². The summed E-state index contributed by atoms with van der Waals surface area (Å²) < 4.78 is 0. The summed E-state index contributed by atoms with van der Waals surface area (Å²) in [5.41, 5.74) is 1.23. The van der Waals surface area contributed by atoms with E-state index in [9.17, 15) is 0 Å². The van der Waals surface area contributed by atoms with Crippen LogP contribution in [0.4, 0.5) is 0 Å². The van der Waals surface area contributed by atoms with Crippen LogP contribution in [-0.4, -0.2) is 0 Å². The third-order valence-electron chi connectivity index (χ3n) is 1.93. The molecule has 0 aliphatic heterocycles. The van der Waals surface area contributed by atoms with Crippen molar-refractivity contribution in [2.45, 2.75) is 6.92 Å². The molecule has 1 aromatic carbocycles. The highest BCUT2D eigenvalue weighted by atomic mass is 79.9. The summed E-state index contributed by atoms with van der Waals surface area (Å²) in [6.07, 6.45) is 1.97. The van der Waals surface area contributed by atoms with Crippen LogP contribution in [0, 0.1) is 6.92 Å². The Morgan fingerprint density at radius 3 is 2.58 bits per heavy atom. The molecule has 0 fully saturated rings. The van der Waals surface area contributed by atoms with Crippen LogP contribution in [0.3, 0.4) is 0 Å². The zero-order valence-corrected chi connectivity index (χ0v) is 8.43. The fourth-order valence-corrected chi connectivity index (χ4v) is 1.32. The SMILES string of the molecule is Cc1[nH+]ccc2ccccc12.[Br-]. The zero-order valence-electron chi connectivity index (χ0n) is 6.84. The fraction of sp³-hybridized carbons (Fsp3) is 0.100. The minimum Gasteiger partial charge on any atom is -1.00 e. The molecule has 0 saturated carbocycles. The maximum atomic E-state index is 3.17. The van der Waals surface area contributed by atoms with Gasteiger partial charge in [0.2, 0.25) is 0 Å². The number of aromatic nitrogens is 1. The molecule has 0 amide bonds. The second-order valence-corrected chi connectivity index (χ2v) is 2.69. The molecule has 0 atom stereocenters. The van der Waals surface area contributed by atoms with Crippen LogP contribution in [0.1, 0.15) is 5.69 Å². The van der Waals surface area contributed by atoms with E-state index in [1.54, 1.807) is 0 Å². The van der Waals surface area contributed by atoms with Gasteiger partial charge in [0.25, 0.3) is 0 Å². The Morgan fingerprint density at radius 1 is 1.08 bits per heavy atom. The minimum absolute atomic E-state index is 0. The highest BCUT2D eigenvalue weighted by Gasteiger charge is 1.98. The quantitative estimate of drug-likeness (QED) is 0.543. The second-order valence-electron chi connectivity index (χ2n) is 2.69. The molecule has 0 aliphatic rings. The van der Waals surface area contributed by atoms with E-state index in [-0.39, 0.29) is 17.0 Å². The van der Waals surface area contributed by atoms with E-state index in [0.29, 0.717) is 0 Å². The van der Waals surface area contributed by atoms with Crippen LogP contribution in [-0.2, 0) is 0 Å². The van der Waals surface area contributed by atoms with Gasteiger partial charge in [0, 0.05) is 18.4 Å². The maximum Gasteiger partial charge on any atom is 0.184 e. The zero-order chi connectivity index (χ0) is 7.68. The van der Waals surface area contributed by atoms with E-state index < -0.39 is 0 Å². The Hall–Kier alpha value is -0.890. The summed E-state index contributed by atoms with van der Waals surface area (Å²) in [5, 5.41) is 2.60. The van der Waals surface area contributed by atoms with Crippen molar-refractivity contribution in [3.63, 3.8) is 0 Å². The predicted molar refractivity (Wildman–Crippen MR) is 45.2 cm³/mol. The van der Waals surface area contributed by atoms with Crippen molar-refractivity contribution in [1.82, 2.24) is 0 Å². The molecule has 0 spiro atoms. The Kier molecular flexibility index (Phi) is 2.82. The van der Waals surface area contributed by atoms with E-state index in [4.69, 9.17) is 0 Å². The van der Waals surface area contributed by atoms with Gasteiger partial charge >= 0.3 is 0 Å². The van der Waals surface area contributed by atoms with Crippen LogP contribution in [0.2, 0.25) is 0 Å². The van der Waals surface area contributed by atoms with Crippen LogP contribution in [0.5, 0.6) is 0 Å². The molecule has 12 heavy (non-hydrogen) atoms. The number of fused-ring (bicyclic) bond motifs is 1. The van der Waals surface area contributed by atoms with E-state index in [2.05, 4.69) is 42.2 Å².